The number of primary amides is 1. The SMILES string of the molecule is CC[C@@H](C)CC(=O)N[C@@H](CCN)C(N)=O. The highest BCUT2D eigenvalue weighted by Gasteiger charge is 2.17. The first-order chi connectivity index (χ1) is 7.01. The van der Waals surface area contributed by atoms with Crippen LogP contribution in [0.1, 0.15) is 33.1 Å². The van der Waals surface area contributed by atoms with Crippen LogP contribution in [0.15, 0.2) is 0 Å². The number of carbonyl (C=O) groups excluding carboxylic acids is 2. The van der Waals surface area contributed by atoms with Crippen molar-refractivity contribution in [3.05, 3.63) is 0 Å². The van der Waals surface area contributed by atoms with E-state index in [1.165, 1.54) is 0 Å². The molecule has 0 bridgehead atoms. The Hall–Kier alpha value is -1.10. The second-order valence-corrected chi connectivity index (χ2v) is 3.82. The summed E-state index contributed by atoms with van der Waals surface area (Å²) in [5.41, 5.74) is 10.4. The molecule has 0 unspecified atom stereocenters. The summed E-state index contributed by atoms with van der Waals surface area (Å²) in [5.74, 6) is -0.351. The van der Waals surface area contributed by atoms with Crippen LogP contribution in [0.3, 0.4) is 0 Å². The van der Waals surface area contributed by atoms with Crippen LogP contribution in [0.5, 0.6) is 0 Å². The monoisotopic (exact) mass is 215 g/mol. The summed E-state index contributed by atoms with van der Waals surface area (Å²) in [6, 6.07) is -0.633. The maximum atomic E-state index is 11.4. The van der Waals surface area contributed by atoms with Crippen LogP contribution in [0.25, 0.3) is 0 Å². The predicted molar refractivity (Wildman–Crippen MR) is 58.9 cm³/mol. The van der Waals surface area contributed by atoms with Gasteiger partial charge in [0.1, 0.15) is 6.04 Å². The molecule has 2 atom stereocenters. The van der Waals surface area contributed by atoms with Crippen molar-refractivity contribution in [2.24, 2.45) is 17.4 Å². The van der Waals surface area contributed by atoms with E-state index in [4.69, 9.17) is 11.5 Å². The quantitative estimate of drug-likeness (QED) is 0.545. The maximum Gasteiger partial charge on any atom is 0.240 e. The van der Waals surface area contributed by atoms with Crippen LogP contribution in [-0.4, -0.2) is 24.4 Å². The Morgan fingerprint density at radius 1 is 1.40 bits per heavy atom. The lowest BCUT2D eigenvalue weighted by atomic mass is 10.0. The van der Waals surface area contributed by atoms with Crippen molar-refractivity contribution in [3.63, 3.8) is 0 Å². The first-order valence-electron chi connectivity index (χ1n) is 5.30. The zero-order valence-electron chi connectivity index (χ0n) is 9.45. The number of nitrogens with two attached hydrogens (primary N) is 2. The molecule has 0 rings (SSSR count). The smallest absolute Gasteiger partial charge is 0.240 e. The third-order valence-corrected chi connectivity index (χ3v) is 2.36. The van der Waals surface area contributed by atoms with Crippen LogP contribution in [0.4, 0.5) is 0 Å². The van der Waals surface area contributed by atoms with Gasteiger partial charge in [0, 0.05) is 6.42 Å². The van der Waals surface area contributed by atoms with E-state index < -0.39 is 11.9 Å². The third-order valence-electron chi connectivity index (χ3n) is 2.36. The first kappa shape index (κ1) is 13.9. The molecule has 5 N–H and O–H groups in total. The van der Waals surface area contributed by atoms with Crippen molar-refractivity contribution >= 4 is 11.8 Å². The van der Waals surface area contributed by atoms with Gasteiger partial charge >= 0.3 is 0 Å². The molecule has 5 nitrogen and oxygen atoms in total. The number of amides is 2. The number of carbonyl (C=O) groups is 2. The van der Waals surface area contributed by atoms with E-state index in [-0.39, 0.29) is 5.91 Å². The Morgan fingerprint density at radius 2 is 2.00 bits per heavy atom. The van der Waals surface area contributed by atoms with Gasteiger partial charge in [-0.15, -0.1) is 0 Å². The Balaban J connectivity index is 4.05. The van der Waals surface area contributed by atoms with Crippen LogP contribution >= 0.6 is 0 Å². The van der Waals surface area contributed by atoms with Crippen molar-refractivity contribution in [3.8, 4) is 0 Å². The Labute approximate surface area is 90.6 Å². The summed E-state index contributed by atoms with van der Waals surface area (Å²) in [5, 5.41) is 2.59. The minimum atomic E-state index is -0.633. The van der Waals surface area contributed by atoms with E-state index in [2.05, 4.69) is 5.32 Å². The number of rotatable bonds is 7. The van der Waals surface area contributed by atoms with E-state index in [0.29, 0.717) is 25.3 Å². The molecular weight excluding hydrogens is 194 g/mol. The number of hydrogen-bond donors (Lipinski definition) is 3. The molecule has 0 aromatic heterocycles. The van der Waals surface area contributed by atoms with Gasteiger partial charge < -0.3 is 16.8 Å². The second-order valence-electron chi connectivity index (χ2n) is 3.82. The van der Waals surface area contributed by atoms with Crippen molar-refractivity contribution in [2.75, 3.05) is 6.54 Å². The average molecular weight is 215 g/mol. The number of hydrogen-bond acceptors (Lipinski definition) is 3. The Morgan fingerprint density at radius 3 is 2.40 bits per heavy atom. The van der Waals surface area contributed by atoms with E-state index in [1.54, 1.807) is 0 Å². The van der Waals surface area contributed by atoms with Gasteiger partial charge in [-0.25, -0.2) is 0 Å². The van der Waals surface area contributed by atoms with Crippen LogP contribution in [0, 0.1) is 5.92 Å². The topological polar surface area (TPSA) is 98.2 Å². The summed E-state index contributed by atoms with van der Waals surface area (Å²) in [6.45, 7) is 4.34. The molecule has 2 amide bonds. The van der Waals surface area contributed by atoms with E-state index in [9.17, 15) is 9.59 Å². The van der Waals surface area contributed by atoms with Gasteiger partial charge in [0.2, 0.25) is 11.8 Å². The molecule has 0 aliphatic carbocycles. The fourth-order valence-electron chi connectivity index (χ4n) is 1.17. The van der Waals surface area contributed by atoms with Gasteiger partial charge in [-0.3, -0.25) is 9.59 Å². The Kier molecular flexibility index (Phi) is 6.70. The highest BCUT2D eigenvalue weighted by molar-refractivity contribution is 5.86. The molecule has 0 radical (unpaired) electrons. The molecule has 0 aliphatic rings. The third kappa shape index (κ3) is 6.06. The highest BCUT2D eigenvalue weighted by atomic mass is 16.2. The van der Waals surface area contributed by atoms with Crippen molar-refractivity contribution in [1.82, 2.24) is 5.32 Å². The molecule has 0 aromatic rings. The average Bonchev–Trinajstić information content (AvgIpc) is 2.16. The summed E-state index contributed by atoms with van der Waals surface area (Å²) in [4.78, 5) is 22.4. The maximum absolute atomic E-state index is 11.4. The largest absolute Gasteiger partial charge is 0.368 e. The summed E-state index contributed by atoms with van der Waals surface area (Å²) >= 11 is 0. The number of nitrogens with one attached hydrogen (secondary N) is 1. The minimum Gasteiger partial charge on any atom is -0.368 e. The highest BCUT2D eigenvalue weighted by Crippen LogP contribution is 2.06. The standard InChI is InChI=1S/C10H21N3O2/c1-3-7(2)6-9(14)13-8(4-5-11)10(12)15/h7-8H,3-6,11H2,1-2H3,(H2,12,15)(H,13,14)/t7-,8+/m1/s1. The second kappa shape index (κ2) is 7.23. The molecule has 0 saturated carbocycles. The van der Waals surface area contributed by atoms with E-state index in [0.717, 1.165) is 6.42 Å². The molecule has 0 spiro atoms. The van der Waals surface area contributed by atoms with Crippen molar-refractivity contribution in [1.29, 1.82) is 0 Å². The molecular formula is C10H21N3O2. The van der Waals surface area contributed by atoms with Gasteiger partial charge in [0.25, 0.3) is 0 Å². The molecule has 0 aliphatic heterocycles. The summed E-state index contributed by atoms with van der Waals surface area (Å²) < 4.78 is 0. The van der Waals surface area contributed by atoms with Crippen LogP contribution in [0.2, 0.25) is 0 Å². The lowest BCUT2D eigenvalue weighted by Crippen LogP contribution is -2.45. The van der Waals surface area contributed by atoms with E-state index in [1.807, 2.05) is 13.8 Å². The van der Waals surface area contributed by atoms with Gasteiger partial charge in [0.05, 0.1) is 0 Å². The van der Waals surface area contributed by atoms with Gasteiger partial charge in [-0.1, -0.05) is 20.3 Å². The Bertz CT molecular complexity index is 219. The molecule has 0 heterocycles. The zero-order valence-corrected chi connectivity index (χ0v) is 9.45. The van der Waals surface area contributed by atoms with Crippen molar-refractivity contribution < 1.29 is 9.59 Å². The molecule has 0 saturated heterocycles. The first-order valence-corrected chi connectivity index (χ1v) is 5.30. The van der Waals surface area contributed by atoms with E-state index >= 15 is 0 Å². The van der Waals surface area contributed by atoms with Gasteiger partial charge in [0.15, 0.2) is 0 Å². The lowest BCUT2D eigenvalue weighted by molar-refractivity contribution is -0.128. The molecule has 15 heavy (non-hydrogen) atoms. The minimum absolute atomic E-state index is 0.137. The normalized spacial score (nSPS) is 14.3. The predicted octanol–water partition coefficient (Wildman–Crippen LogP) is -0.258. The fraction of sp³-hybridized carbons (Fsp3) is 0.800. The molecule has 88 valence electrons. The van der Waals surface area contributed by atoms with Gasteiger partial charge in [-0.05, 0) is 18.9 Å². The van der Waals surface area contributed by atoms with Crippen molar-refractivity contribution in [2.45, 2.75) is 39.2 Å². The molecule has 0 fully saturated rings. The van der Waals surface area contributed by atoms with Gasteiger partial charge in [-0.2, -0.15) is 0 Å². The summed E-state index contributed by atoms with van der Waals surface area (Å²) in [6.07, 6.45) is 1.75. The van der Waals surface area contributed by atoms with Crippen LogP contribution < -0.4 is 16.8 Å². The fourth-order valence-corrected chi connectivity index (χ4v) is 1.17. The molecule has 5 heteroatoms. The van der Waals surface area contributed by atoms with Crippen LogP contribution in [-0.2, 0) is 9.59 Å². The summed E-state index contributed by atoms with van der Waals surface area (Å²) in [7, 11) is 0. The zero-order chi connectivity index (χ0) is 11.8. The molecule has 0 aromatic carbocycles. The lowest BCUT2D eigenvalue weighted by Gasteiger charge is -2.15.